The number of amides is 1. The van der Waals surface area contributed by atoms with E-state index in [0.29, 0.717) is 19.5 Å². The Hall–Kier alpha value is -0.760. The van der Waals surface area contributed by atoms with Crippen LogP contribution in [0.2, 0.25) is 0 Å². The Morgan fingerprint density at radius 3 is 2.94 bits per heavy atom. The molecule has 0 fully saturated rings. The highest BCUT2D eigenvalue weighted by Gasteiger charge is 2.09. The lowest BCUT2D eigenvalue weighted by molar-refractivity contribution is -0.120. The largest absolute Gasteiger partial charge is 0.354 e. The molecule has 0 aliphatic heterocycles. The second-order valence-corrected chi connectivity index (χ2v) is 6.27. The lowest BCUT2D eigenvalue weighted by Gasteiger charge is -2.00. The molecule has 0 aromatic carbocycles. The number of nitrogens with one attached hydrogen (secondary N) is 1. The monoisotopic (exact) mass is 345 g/mol. The van der Waals surface area contributed by atoms with Crippen molar-refractivity contribution in [3.05, 3.63) is 27.0 Å². The standard InChI is InChI=1S/C11H12BrN3OS2/c12-7-3-9(17-5-7)11-15-8(6-18-11)4-10(16)14-2-1-13/h3,5-6H,1-2,4,13H2,(H,14,16). The molecular formula is C11H12BrN3OS2. The first-order valence-corrected chi connectivity index (χ1v) is 7.90. The lowest BCUT2D eigenvalue weighted by atomic mass is 10.3. The van der Waals surface area contributed by atoms with Gasteiger partial charge >= 0.3 is 0 Å². The molecule has 0 bridgehead atoms. The van der Waals surface area contributed by atoms with E-state index in [0.717, 1.165) is 20.1 Å². The quantitative estimate of drug-likeness (QED) is 0.873. The minimum absolute atomic E-state index is 0.0374. The Labute approximate surface area is 121 Å². The van der Waals surface area contributed by atoms with E-state index in [-0.39, 0.29) is 5.91 Å². The van der Waals surface area contributed by atoms with Crippen molar-refractivity contribution in [1.29, 1.82) is 0 Å². The van der Waals surface area contributed by atoms with Gasteiger partial charge in [0.1, 0.15) is 5.01 Å². The zero-order chi connectivity index (χ0) is 13.0. The fraction of sp³-hybridized carbons (Fsp3) is 0.273. The number of thiophene rings is 1. The van der Waals surface area contributed by atoms with Crippen molar-refractivity contribution in [2.24, 2.45) is 5.73 Å². The summed E-state index contributed by atoms with van der Waals surface area (Å²) in [5.74, 6) is -0.0374. The summed E-state index contributed by atoms with van der Waals surface area (Å²) in [6, 6.07) is 2.03. The molecule has 2 aromatic heterocycles. The summed E-state index contributed by atoms with van der Waals surface area (Å²) in [4.78, 5) is 17.1. The number of hydrogen-bond donors (Lipinski definition) is 2. The third-order valence-corrected chi connectivity index (χ3v) is 4.89. The average molecular weight is 346 g/mol. The molecule has 0 aliphatic rings. The van der Waals surface area contributed by atoms with Crippen LogP contribution in [-0.2, 0) is 11.2 Å². The van der Waals surface area contributed by atoms with Crippen LogP contribution in [0.3, 0.4) is 0 Å². The second kappa shape index (κ2) is 6.42. The van der Waals surface area contributed by atoms with Crippen LogP contribution < -0.4 is 11.1 Å². The van der Waals surface area contributed by atoms with Gasteiger partial charge in [0.2, 0.25) is 5.91 Å². The van der Waals surface area contributed by atoms with Crippen molar-refractivity contribution in [3.63, 3.8) is 0 Å². The van der Waals surface area contributed by atoms with E-state index in [1.165, 1.54) is 0 Å². The van der Waals surface area contributed by atoms with Gasteiger partial charge in [0.05, 0.1) is 17.0 Å². The van der Waals surface area contributed by atoms with E-state index in [1.54, 1.807) is 22.7 Å². The fourth-order valence-corrected chi connectivity index (χ4v) is 3.69. The van der Waals surface area contributed by atoms with E-state index in [1.807, 2.05) is 16.8 Å². The number of nitrogens with zero attached hydrogens (tertiary/aromatic N) is 1. The molecule has 2 heterocycles. The van der Waals surface area contributed by atoms with Gasteiger partial charge in [-0.2, -0.15) is 0 Å². The molecule has 96 valence electrons. The van der Waals surface area contributed by atoms with E-state index in [4.69, 9.17) is 5.73 Å². The predicted molar refractivity (Wildman–Crippen MR) is 78.9 cm³/mol. The van der Waals surface area contributed by atoms with Crippen LogP contribution in [0.4, 0.5) is 0 Å². The Kier molecular flexibility index (Phi) is 4.87. The predicted octanol–water partition coefficient (Wildman–Crippen LogP) is 2.25. The van der Waals surface area contributed by atoms with Gasteiger partial charge in [0.15, 0.2) is 0 Å². The Morgan fingerprint density at radius 1 is 1.44 bits per heavy atom. The maximum absolute atomic E-state index is 11.5. The maximum Gasteiger partial charge on any atom is 0.226 e. The van der Waals surface area contributed by atoms with Crippen molar-refractivity contribution < 1.29 is 4.79 Å². The van der Waals surface area contributed by atoms with Crippen LogP contribution in [0.1, 0.15) is 5.69 Å². The number of carbonyl (C=O) groups excluding carboxylic acids is 1. The molecule has 0 spiro atoms. The summed E-state index contributed by atoms with van der Waals surface area (Å²) in [5, 5.41) is 7.62. The number of halogens is 1. The molecule has 2 rings (SSSR count). The lowest BCUT2D eigenvalue weighted by Crippen LogP contribution is -2.30. The van der Waals surface area contributed by atoms with Gasteiger partial charge in [0, 0.05) is 28.3 Å². The normalized spacial score (nSPS) is 10.6. The zero-order valence-corrected chi connectivity index (χ0v) is 12.7. The van der Waals surface area contributed by atoms with Gasteiger partial charge in [-0.3, -0.25) is 4.79 Å². The first-order valence-electron chi connectivity index (χ1n) is 5.34. The molecular weight excluding hydrogens is 334 g/mol. The van der Waals surface area contributed by atoms with Crippen LogP contribution in [0, 0.1) is 0 Å². The molecule has 0 saturated heterocycles. The minimum Gasteiger partial charge on any atom is -0.354 e. The maximum atomic E-state index is 11.5. The first kappa shape index (κ1) is 13.7. The van der Waals surface area contributed by atoms with Gasteiger partial charge in [-0.1, -0.05) is 0 Å². The molecule has 0 aliphatic carbocycles. The average Bonchev–Trinajstić information content (AvgIpc) is 2.95. The molecule has 18 heavy (non-hydrogen) atoms. The number of hydrogen-bond acceptors (Lipinski definition) is 5. The van der Waals surface area contributed by atoms with Crippen molar-refractivity contribution in [2.75, 3.05) is 13.1 Å². The molecule has 0 radical (unpaired) electrons. The van der Waals surface area contributed by atoms with Crippen LogP contribution >= 0.6 is 38.6 Å². The van der Waals surface area contributed by atoms with Crippen LogP contribution in [0.15, 0.2) is 21.3 Å². The minimum atomic E-state index is -0.0374. The number of rotatable bonds is 5. The smallest absolute Gasteiger partial charge is 0.226 e. The second-order valence-electron chi connectivity index (χ2n) is 3.59. The molecule has 7 heteroatoms. The number of nitrogens with two attached hydrogens (primary N) is 1. The van der Waals surface area contributed by atoms with Crippen molar-refractivity contribution in [2.45, 2.75) is 6.42 Å². The van der Waals surface area contributed by atoms with Crippen molar-refractivity contribution in [3.8, 4) is 9.88 Å². The van der Waals surface area contributed by atoms with Gasteiger partial charge in [-0.15, -0.1) is 22.7 Å². The van der Waals surface area contributed by atoms with Crippen molar-refractivity contribution >= 4 is 44.5 Å². The third-order valence-electron chi connectivity index (χ3n) is 2.14. The number of carbonyl (C=O) groups is 1. The summed E-state index contributed by atoms with van der Waals surface area (Å²) in [6.45, 7) is 0.963. The highest BCUT2D eigenvalue weighted by Crippen LogP contribution is 2.31. The fourth-order valence-electron chi connectivity index (χ4n) is 1.37. The van der Waals surface area contributed by atoms with E-state index in [2.05, 4.69) is 26.2 Å². The van der Waals surface area contributed by atoms with Gasteiger partial charge in [-0.05, 0) is 22.0 Å². The highest BCUT2D eigenvalue weighted by atomic mass is 79.9. The summed E-state index contributed by atoms with van der Waals surface area (Å²) >= 11 is 6.60. The summed E-state index contributed by atoms with van der Waals surface area (Å²) < 4.78 is 1.06. The van der Waals surface area contributed by atoms with Crippen LogP contribution in [-0.4, -0.2) is 24.0 Å². The third kappa shape index (κ3) is 3.61. The number of thiazole rings is 1. The van der Waals surface area contributed by atoms with E-state index >= 15 is 0 Å². The molecule has 4 nitrogen and oxygen atoms in total. The molecule has 2 aromatic rings. The van der Waals surface area contributed by atoms with E-state index in [9.17, 15) is 4.79 Å². The Bertz CT molecular complexity index is 538. The number of aromatic nitrogens is 1. The Balaban J connectivity index is 2.00. The van der Waals surface area contributed by atoms with Gasteiger partial charge in [-0.25, -0.2) is 4.98 Å². The van der Waals surface area contributed by atoms with Gasteiger partial charge < -0.3 is 11.1 Å². The summed E-state index contributed by atoms with van der Waals surface area (Å²) in [7, 11) is 0. The molecule has 3 N–H and O–H groups in total. The summed E-state index contributed by atoms with van der Waals surface area (Å²) in [5.41, 5.74) is 6.12. The highest BCUT2D eigenvalue weighted by molar-refractivity contribution is 9.10. The van der Waals surface area contributed by atoms with Gasteiger partial charge in [0.25, 0.3) is 0 Å². The SMILES string of the molecule is NCCNC(=O)Cc1csc(-c2cc(Br)cs2)n1. The first-order chi connectivity index (χ1) is 8.69. The zero-order valence-electron chi connectivity index (χ0n) is 9.48. The summed E-state index contributed by atoms with van der Waals surface area (Å²) in [6.07, 6.45) is 0.309. The molecule has 1 amide bonds. The van der Waals surface area contributed by atoms with E-state index < -0.39 is 0 Å². The molecule has 0 atom stereocenters. The topological polar surface area (TPSA) is 68.0 Å². The van der Waals surface area contributed by atoms with Crippen molar-refractivity contribution in [1.82, 2.24) is 10.3 Å². The Morgan fingerprint density at radius 2 is 2.28 bits per heavy atom. The molecule has 0 unspecified atom stereocenters. The van der Waals surface area contributed by atoms with Crippen LogP contribution in [0.25, 0.3) is 9.88 Å². The van der Waals surface area contributed by atoms with Crippen LogP contribution in [0.5, 0.6) is 0 Å². The molecule has 0 saturated carbocycles.